The monoisotopic (exact) mass is 349 g/mol. The van der Waals surface area contributed by atoms with Crippen LogP contribution < -0.4 is 10.6 Å². The zero-order chi connectivity index (χ0) is 18.3. The van der Waals surface area contributed by atoms with Gasteiger partial charge in [-0.05, 0) is 56.4 Å². The minimum atomic E-state index is -0.451. The molecule has 5 heteroatoms. The highest BCUT2D eigenvalue weighted by Gasteiger charge is 2.24. The van der Waals surface area contributed by atoms with E-state index in [9.17, 15) is 9.18 Å². The second-order valence-corrected chi connectivity index (χ2v) is 7.85. The average molecular weight is 349 g/mol. The van der Waals surface area contributed by atoms with Crippen LogP contribution >= 0.6 is 0 Å². The van der Waals surface area contributed by atoms with E-state index in [1.165, 1.54) is 32.0 Å². The molecule has 2 N–H and O–H groups in total. The van der Waals surface area contributed by atoms with Crippen LogP contribution in [0, 0.1) is 11.7 Å². The molecule has 140 valence electrons. The van der Waals surface area contributed by atoms with Crippen LogP contribution in [0.3, 0.4) is 0 Å². The Kier molecular flexibility index (Phi) is 7.24. The first-order valence-corrected chi connectivity index (χ1v) is 9.37. The summed E-state index contributed by atoms with van der Waals surface area (Å²) in [4.78, 5) is 14.4. The van der Waals surface area contributed by atoms with Crippen molar-refractivity contribution in [1.29, 1.82) is 0 Å². The molecule has 0 aliphatic carbocycles. The fourth-order valence-electron chi connectivity index (χ4n) is 3.26. The molecular formula is C20H32FN3O. The number of carbonyl (C=O) groups excluding carboxylic acids is 1. The predicted molar refractivity (Wildman–Crippen MR) is 100 cm³/mol. The van der Waals surface area contributed by atoms with Gasteiger partial charge in [-0.15, -0.1) is 0 Å². The number of halogens is 1. The molecular weight excluding hydrogens is 317 g/mol. The van der Waals surface area contributed by atoms with Crippen molar-refractivity contribution in [2.24, 2.45) is 5.92 Å². The van der Waals surface area contributed by atoms with Crippen LogP contribution in [-0.4, -0.2) is 43.7 Å². The lowest BCUT2D eigenvalue weighted by Gasteiger charge is -2.30. The van der Waals surface area contributed by atoms with Gasteiger partial charge in [-0.25, -0.2) is 9.18 Å². The molecule has 2 amide bonds. The molecule has 25 heavy (non-hydrogen) atoms. The van der Waals surface area contributed by atoms with Gasteiger partial charge in [0.25, 0.3) is 0 Å². The summed E-state index contributed by atoms with van der Waals surface area (Å²) in [5.41, 5.74) is 0.169. The fourth-order valence-corrected chi connectivity index (χ4v) is 3.26. The van der Waals surface area contributed by atoms with Gasteiger partial charge in [0.2, 0.25) is 0 Å². The van der Waals surface area contributed by atoms with Crippen molar-refractivity contribution in [3.8, 4) is 0 Å². The Bertz CT molecular complexity index is 554. The van der Waals surface area contributed by atoms with Gasteiger partial charge in [0.15, 0.2) is 0 Å². The van der Waals surface area contributed by atoms with Crippen molar-refractivity contribution in [3.63, 3.8) is 0 Å². The van der Waals surface area contributed by atoms with E-state index in [2.05, 4.69) is 22.5 Å². The molecule has 1 fully saturated rings. The normalized spacial score (nSPS) is 16.6. The zero-order valence-corrected chi connectivity index (χ0v) is 15.8. The maximum Gasteiger partial charge on any atom is 0.314 e. The minimum absolute atomic E-state index is 0.184. The van der Waals surface area contributed by atoms with Gasteiger partial charge >= 0.3 is 6.03 Å². The molecule has 1 aromatic carbocycles. The van der Waals surface area contributed by atoms with E-state index in [1.807, 2.05) is 19.9 Å². The van der Waals surface area contributed by atoms with Gasteiger partial charge in [0.05, 0.1) is 0 Å². The number of rotatable bonds is 7. The van der Waals surface area contributed by atoms with Crippen LogP contribution in [0.5, 0.6) is 0 Å². The van der Waals surface area contributed by atoms with Crippen molar-refractivity contribution in [2.75, 3.05) is 32.7 Å². The summed E-state index contributed by atoms with van der Waals surface area (Å²) >= 11 is 0. The Morgan fingerprint density at radius 3 is 2.60 bits per heavy atom. The summed E-state index contributed by atoms with van der Waals surface area (Å²) in [5.74, 6) is 0.614. The third kappa shape index (κ3) is 6.31. The summed E-state index contributed by atoms with van der Waals surface area (Å²) in [7, 11) is 0. The number of nitrogens with one attached hydrogen (secondary N) is 2. The summed E-state index contributed by atoms with van der Waals surface area (Å²) in [6.45, 7) is 10.6. The zero-order valence-electron chi connectivity index (χ0n) is 15.8. The van der Waals surface area contributed by atoms with Crippen molar-refractivity contribution < 1.29 is 9.18 Å². The van der Waals surface area contributed by atoms with Gasteiger partial charge in [-0.3, -0.25) is 0 Å². The summed E-state index contributed by atoms with van der Waals surface area (Å²) < 4.78 is 13.9. The van der Waals surface area contributed by atoms with Gasteiger partial charge in [-0.2, -0.15) is 0 Å². The number of likely N-dealkylation sites (tertiary alicyclic amines) is 1. The molecule has 2 rings (SSSR count). The standard InChI is InChI=1S/C20H32FN3O/c1-16-9-13-24(14-10-16)12-6-11-22-19(25)23-15-20(2,3)17-7-4-5-8-18(17)21/h4-5,7-8,16H,6,9-15H2,1-3H3,(H2,22,23,25). The van der Waals surface area contributed by atoms with Crippen LogP contribution in [0.4, 0.5) is 9.18 Å². The third-order valence-corrected chi connectivity index (χ3v) is 5.11. The van der Waals surface area contributed by atoms with Crippen LogP contribution in [0.2, 0.25) is 0 Å². The van der Waals surface area contributed by atoms with E-state index >= 15 is 0 Å². The van der Waals surface area contributed by atoms with E-state index in [-0.39, 0.29) is 11.8 Å². The Labute approximate surface area is 151 Å². The summed E-state index contributed by atoms with van der Waals surface area (Å²) in [6, 6.07) is 6.55. The average Bonchev–Trinajstić information content (AvgIpc) is 2.59. The highest BCUT2D eigenvalue weighted by Crippen LogP contribution is 2.24. The van der Waals surface area contributed by atoms with Crippen LogP contribution in [0.25, 0.3) is 0 Å². The molecule has 0 radical (unpaired) electrons. The number of nitrogens with zero attached hydrogens (tertiary/aromatic N) is 1. The molecule has 0 unspecified atom stereocenters. The van der Waals surface area contributed by atoms with Gasteiger partial charge < -0.3 is 15.5 Å². The first-order valence-electron chi connectivity index (χ1n) is 9.37. The molecule has 0 atom stereocenters. The fraction of sp³-hybridized carbons (Fsp3) is 0.650. The van der Waals surface area contributed by atoms with E-state index in [0.717, 1.165) is 18.9 Å². The first kappa shape index (κ1) is 19.7. The number of carbonyl (C=O) groups is 1. The highest BCUT2D eigenvalue weighted by molar-refractivity contribution is 5.73. The SMILES string of the molecule is CC1CCN(CCCNC(=O)NCC(C)(C)c2ccccc2F)CC1. The van der Waals surface area contributed by atoms with Gasteiger partial charge in [-0.1, -0.05) is 39.0 Å². The number of amides is 2. The Balaban J connectivity index is 1.64. The van der Waals surface area contributed by atoms with Crippen LogP contribution in [0.15, 0.2) is 24.3 Å². The Morgan fingerprint density at radius 2 is 1.92 bits per heavy atom. The highest BCUT2D eigenvalue weighted by atomic mass is 19.1. The Morgan fingerprint density at radius 1 is 1.24 bits per heavy atom. The molecule has 1 saturated heterocycles. The Hall–Kier alpha value is -1.62. The number of hydrogen-bond donors (Lipinski definition) is 2. The van der Waals surface area contributed by atoms with E-state index in [4.69, 9.17) is 0 Å². The van der Waals surface area contributed by atoms with Crippen molar-refractivity contribution in [1.82, 2.24) is 15.5 Å². The molecule has 0 spiro atoms. The lowest BCUT2D eigenvalue weighted by molar-refractivity contribution is 0.190. The number of benzene rings is 1. The maximum absolute atomic E-state index is 13.9. The molecule has 1 heterocycles. The molecule has 1 aliphatic heterocycles. The second-order valence-electron chi connectivity index (χ2n) is 7.85. The number of hydrogen-bond acceptors (Lipinski definition) is 2. The third-order valence-electron chi connectivity index (χ3n) is 5.11. The van der Waals surface area contributed by atoms with E-state index < -0.39 is 5.41 Å². The lowest BCUT2D eigenvalue weighted by Crippen LogP contribution is -2.43. The lowest BCUT2D eigenvalue weighted by atomic mass is 9.84. The minimum Gasteiger partial charge on any atom is -0.338 e. The number of urea groups is 1. The second kappa shape index (κ2) is 9.18. The van der Waals surface area contributed by atoms with E-state index in [0.29, 0.717) is 18.7 Å². The first-order chi connectivity index (χ1) is 11.9. The van der Waals surface area contributed by atoms with Crippen LogP contribution in [-0.2, 0) is 5.41 Å². The van der Waals surface area contributed by atoms with Crippen LogP contribution in [0.1, 0.15) is 45.6 Å². The molecule has 0 aromatic heterocycles. The largest absolute Gasteiger partial charge is 0.338 e. The summed E-state index contributed by atoms with van der Waals surface area (Å²) in [6.07, 6.45) is 3.51. The van der Waals surface area contributed by atoms with Gasteiger partial charge in [0.1, 0.15) is 5.82 Å². The molecule has 4 nitrogen and oxygen atoms in total. The topological polar surface area (TPSA) is 44.4 Å². The molecule has 1 aromatic rings. The summed E-state index contributed by atoms with van der Waals surface area (Å²) in [5, 5.41) is 5.76. The quantitative estimate of drug-likeness (QED) is 0.740. The van der Waals surface area contributed by atoms with Crippen molar-refractivity contribution in [2.45, 2.75) is 45.4 Å². The molecule has 0 bridgehead atoms. The molecule has 1 aliphatic rings. The predicted octanol–water partition coefficient (Wildman–Crippen LogP) is 3.52. The van der Waals surface area contributed by atoms with Crippen molar-refractivity contribution >= 4 is 6.03 Å². The number of piperidine rings is 1. The maximum atomic E-state index is 13.9. The smallest absolute Gasteiger partial charge is 0.314 e. The van der Waals surface area contributed by atoms with Gasteiger partial charge in [0, 0.05) is 18.5 Å². The molecule has 0 saturated carbocycles. The van der Waals surface area contributed by atoms with Crippen molar-refractivity contribution in [3.05, 3.63) is 35.6 Å². The van der Waals surface area contributed by atoms with E-state index in [1.54, 1.807) is 12.1 Å².